The molecule has 0 radical (unpaired) electrons. The van der Waals surface area contributed by atoms with Crippen LogP contribution in [-0.2, 0) is 9.53 Å². The molecular formula is C15H17ClFNO4. The van der Waals surface area contributed by atoms with Crippen LogP contribution in [0.3, 0.4) is 0 Å². The van der Waals surface area contributed by atoms with Crippen molar-refractivity contribution in [2.75, 3.05) is 19.7 Å². The number of aliphatic carboxylic acids is 1. The van der Waals surface area contributed by atoms with E-state index in [1.807, 2.05) is 0 Å². The molecule has 1 fully saturated rings. The molecule has 0 aromatic heterocycles. The highest BCUT2D eigenvalue weighted by Crippen LogP contribution is 2.19. The van der Waals surface area contributed by atoms with E-state index < -0.39 is 17.7 Å². The number of ether oxygens (including phenoxy) is 1. The van der Waals surface area contributed by atoms with Crippen LogP contribution in [0.2, 0.25) is 5.02 Å². The molecule has 5 nitrogen and oxygen atoms in total. The number of carboxylic acids is 1. The summed E-state index contributed by atoms with van der Waals surface area (Å²) in [4.78, 5) is 24.6. The van der Waals surface area contributed by atoms with Crippen LogP contribution in [-0.4, -0.2) is 47.7 Å². The van der Waals surface area contributed by atoms with Gasteiger partial charge < -0.3 is 14.7 Å². The third kappa shape index (κ3) is 4.42. The summed E-state index contributed by atoms with van der Waals surface area (Å²) >= 11 is 5.81. The molecule has 0 bridgehead atoms. The first-order valence-corrected chi connectivity index (χ1v) is 7.43. The van der Waals surface area contributed by atoms with Crippen LogP contribution in [0.25, 0.3) is 0 Å². The second-order valence-electron chi connectivity index (χ2n) is 5.15. The van der Waals surface area contributed by atoms with Crippen molar-refractivity contribution in [2.45, 2.75) is 25.4 Å². The molecule has 0 spiro atoms. The van der Waals surface area contributed by atoms with Crippen LogP contribution in [0, 0.1) is 5.82 Å². The number of hydrogen-bond donors (Lipinski definition) is 1. The molecular weight excluding hydrogens is 313 g/mol. The minimum absolute atomic E-state index is 0.0000198. The van der Waals surface area contributed by atoms with Crippen LogP contribution < -0.4 is 0 Å². The molecule has 1 heterocycles. The van der Waals surface area contributed by atoms with Gasteiger partial charge in [0.1, 0.15) is 5.82 Å². The van der Waals surface area contributed by atoms with Crippen molar-refractivity contribution in [1.29, 1.82) is 0 Å². The van der Waals surface area contributed by atoms with E-state index in [1.54, 1.807) is 0 Å². The number of benzene rings is 1. The predicted octanol–water partition coefficient (Wildman–Crippen LogP) is 2.58. The monoisotopic (exact) mass is 329 g/mol. The Morgan fingerprint density at radius 2 is 2.23 bits per heavy atom. The largest absolute Gasteiger partial charge is 0.481 e. The Labute approximate surface area is 132 Å². The minimum Gasteiger partial charge on any atom is -0.481 e. The summed E-state index contributed by atoms with van der Waals surface area (Å²) in [5.41, 5.74) is -0.157. The van der Waals surface area contributed by atoms with Gasteiger partial charge in [-0.1, -0.05) is 11.6 Å². The number of carbonyl (C=O) groups excluding carboxylic acids is 1. The highest BCUT2D eigenvalue weighted by molar-refractivity contribution is 6.31. The number of carboxylic acid groups (broad SMARTS) is 1. The Morgan fingerprint density at radius 1 is 1.45 bits per heavy atom. The number of halogens is 2. The number of nitrogens with zero attached hydrogens (tertiary/aromatic N) is 1. The third-order valence-electron chi connectivity index (χ3n) is 3.49. The summed E-state index contributed by atoms with van der Waals surface area (Å²) in [6.45, 7) is 0.870. The maximum Gasteiger partial charge on any atom is 0.305 e. The summed E-state index contributed by atoms with van der Waals surface area (Å²) in [7, 11) is 0. The molecule has 1 aromatic rings. The van der Waals surface area contributed by atoms with Crippen molar-refractivity contribution in [3.63, 3.8) is 0 Å². The molecule has 120 valence electrons. The van der Waals surface area contributed by atoms with Gasteiger partial charge in [-0.3, -0.25) is 9.59 Å². The molecule has 2 rings (SSSR count). The van der Waals surface area contributed by atoms with Crippen molar-refractivity contribution in [2.24, 2.45) is 0 Å². The van der Waals surface area contributed by atoms with Crippen LogP contribution in [0.1, 0.15) is 29.6 Å². The quantitative estimate of drug-likeness (QED) is 0.871. The molecule has 1 aliphatic heterocycles. The summed E-state index contributed by atoms with van der Waals surface area (Å²) in [5.74, 6) is -2.27. The van der Waals surface area contributed by atoms with Crippen molar-refractivity contribution < 1.29 is 23.8 Å². The average Bonchev–Trinajstić information content (AvgIpc) is 2.98. The average molecular weight is 330 g/mol. The Kier molecular flexibility index (Phi) is 5.74. The van der Waals surface area contributed by atoms with Gasteiger partial charge in [-0.05, 0) is 31.0 Å². The first-order chi connectivity index (χ1) is 10.5. The SMILES string of the molecule is O=C(O)CCN(C[C@@H]1CCCO1)C(=O)c1cc(Cl)ccc1F. The van der Waals surface area contributed by atoms with Gasteiger partial charge in [0.25, 0.3) is 5.91 Å². The number of amides is 1. The summed E-state index contributed by atoms with van der Waals surface area (Å²) in [6, 6.07) is 3.73. The van der Waals surface area contributed by atoms with E-state index in [9.17, 15) is 14.0 Å². The van der Waals surface area contributed by atoms with Gasteiger partial charge in [0.2, 0.25) is 0 Å². The van der Waals surface area contributed by atoms with Crippen LogP contribution in [0.4, 0.5) is 4.39 Å². The predicted molar refractivity (Wildman–Crippen MR) is 78.5 cm³/mol. The Bertz CT molecular complexity index is 560. The summed E-state index contributed by atoms with van der Waals surface area (Å²) < 4.78 is 19.3. The van der Waals surface area contributed by atoms with E-state index in [-0.39, 0.29) is 36.2 Å². The van der Waals surface area contributed by atoms with E-state index in [2.05, 4.69) is 0 Å². The van der Waals surface area contributed by atoms with Crippen LogP contribution in [0.15, 0.2) is 18.2 Å². The maximum atomic E-state index is 13.8. The van der Waals surface area contributed by atoms with Crippen LogP contribution >= 0.6 is 11.6 Å². The fourth-order valence-electron chi connectivity index (χ4n) is 2.37. The lowest BCUT2D eigenvalue weighted by Crippen LogP contribution is -2.39. The van der Waals surface area contributed by atoms with E-state index in [0.29, 0.717) is 6.61 Å². The second kappa shape index (κ2) is 7.56. The van der Waals surface area contributed by atoms with Crippen molar-refractivity contribution in [3.8, 4) is 0 Å². The van der Waals surface area contributed by atoms with Crippen molar-refractivity contribution >= 4 is 23.5 Å². The standard InChI is InChI=1S/C15H17ClFNO4/c16-10-3-4-13(17)12(8-10)15(21)18(6-5-14(19)20)9-11-2-1-7-22-11/h3-4,8,11H,1-2,5-7,9H2,(H,19,20)/t11-/m0/s1. The normalized spacial score (nSPS) is 17.5. The second-order valence-corrected chi connectivity index (χ2v) is 5.59. The number of carbonyl (C=O) groups is 2. The highest BCUT2D eigenvalue weighted by atomic mass is 35.5. The lowest BCUT2D eigenvalue weighted by Gasteiger charge is -2.25. The smallest absolute Gasteiger partial charge is 0.305 e. The summed E-state index contributed by atoms with van der Waals surface area (Å²) in [5, 5.41) is 9.06. The molecule has 22 heavy (non-hydrogen) atoms. The molecule has 0 unspecified atom stereocenters. The highest BCUT2D eigenvalue weighted by Gasteiger charge is 2.25. The fourth-order valence-corrected chi connectivity index (χ4v) is 2.54. The zero-order valence-corrected chi connectivity index (χ0v) is 12.7. The summed E-state index contributed by atoms with van der Waals surface area (Å²) in [6.07, 6.45) is 1.35. The lowest BCUT2D eigenvalue weighted by molar-refractivity contribution is -0.137. The van der Waals surface area contributed by atoms with Gasteiger partial charge in [-0.25, -0.2) is 4.39 Å². The molecule has 1 aliphatic rings. The number of hydrogen-bond acceptors (Lipinski definition) is 3. The molecule has 1 saturated heterocycles. The minimum atomic E-state index is -1.02. The number of rotatable bonds is 6. The Morgan fingerprint density at radius 3 is 2.86 bits per heavy atom. The van der Waals surface area contributed by atoms with Gasteiger partial charge in [0, 0.05) is 24.7 Å². The molecule has 7 heteroatoms. The molecule has 1 N–H and O–H groups in total. The van der Waals surface area contributed by atoms with Gasteiger partial charge in [-0.2, -0.15) is 0 Å². The van der Waals surface area contributed by atoms with Gasteiger partial charge in [0.05, 0.1) is 18.1 Å². The molecule has 1 atom stereocenters. The third-order valence-corrected chi connectivity index (χ3v) is 3.72. The molecule has 1 aromatic carbocycles. The Balaban J connectivity index is 2.16. The molecule has 0 aliphatic carbocycles. The first kappa shape index (κ1) is 16.7. The van der Waals surface area contributed by atoms with Gasteiger partial charge in [-0.15, -0.1) is 0 Å². The van der Waals surface area contributed by atoms with Crippen LogP contribution in [0.5, 0.6) is 0 Å². The van der Waals surface area contributed by atoms with E-state index in [0.717, 1.165) is 18.9 Å². The van der Waals surface area contributed by atoms with Crippen molar-refractivity contribution in [3.05, 3.63) is 34.6 Å². The topological polar surface area (TPSA) is 66.8 Å². The lowest BCUT2D eigenvalue weighted by atomic mass is 10.1. The first-order valence-electron chi connectivity index (χ1n) is 7.05. The van der Waals surface area contributed by atoms with E-state index >= 15 is 0 Å². The zero-order chi connectivity index (χ0) is 16.1. The zero-order valence-electron chi connectivity index (χ0n) is 11.9. The Hall–Kier alpha value is -1.66. The molecule has 0 saturated carbocycles. The van der Waals surface area contributed by atoms with E-state index in [1.165, 1.54) is 17.0 Å². The van der Waals surface area contributed by atoms with E-state index in [4.69, 9.17) is 21.4 Å². The fraction of sp³-hybridized carbons (Fsp3) is 0.467. The molecule has 1 amide bonds. The van der Waals surface area contributed by atoms with Gasteiger partial charge >= 0.3 is 5.97 Å². The maximum absolute atomic E-state index is 13.8. The van der Waals surface area contributed by atoms with Gasteiger partial charge in [0.15, 0.2) is 0 Å². The van der Waals surface area contributed by atoms with Crippen molar-refractivity contribution in [1.82, 2.24) is 4.90 Å².